The van der Waals surface area contributed by atoms with Gasteiger partial charge < -0.3 is 5.11 Å². The largest absolute Gasteiger partial charge is 0.388 e. The molecule has 0 heterocycles. The molecule has 0 bridgehead atoms. The van der Waals surface area contributed by atoms with Gasteiger partial charge in [-0.3, -0.25) is 0 Å². The van der Waals surface area contributed by atoms with Crippen molar-refractivity contribution >= 4 is 47.1 Å². The summed E-state index contributed by atoms with van der Waals surface area (Å²) in [7, 11) is 33.2. The fourth-order valence-electron chi connectivity index (χ4n) is 1.80. The van der Waals surface area contributed by atoms with Crippen molar-refractivity contribution in [3.63, 3.8) is 0 Å². The van der Waals surface area contributed by atoms with Crippen molar-refractivity contribution in [3.8, 4) is 0 Å². The summed E-state index contributed by atoms with van der Waals surface area (Å²) in [6, 6.07) is 0. The molecule has 0 aromatic heterocycles. The molecule has 0 aromatic rings. The minimum absolute atomic E-state index is 0.127. The van der Waals surface area contributed by atoms with Crippen LogP contribution in [0.5, 0.6) is 0 Å². The lowest BCUT2D eigenvalue weighted by atomic mass is 9.34. The Morgan fingerprint density at radius 1 is 1.24 bits per heavy atom. The van der Waals surface area contributed by atoms with E-state index in [9.17, 15) is 5.11 Å². The molecule has 0 aliphatic heterocycles. The monoisotopic (exact) mass is 212 g/mol. The van der Waals surface area contributed by atoms with Crippen LogP contribution in [0.15, 0.2) is 24.3 Å². The zero-order valence-corrected chi connectivity index (χ0v) is 9.76. The Morgan fingerprint density at radius 3 is 2.06 bits per heavy atom. The first kappa shape index (κ1) is 14.9. The van der Waals surface area contributed by atoms with E-state index in [2.05, 4.69) is 6.58 Å². The normalized spacial score (nSPS) is 30.1. The average molecular weight is 211 g/mol. The Morgan fingerprint density at radius 2 is 1.76 bits per heavy atom. The zero-order valence-electron chi connectivity index (χ0n) is 9.76. The third-order valence-electron chi connectivity index (χ3n) is 3.19. The second kappa shape index (κ2) is 4.49. The minimum atomic E-state index is -1.69. The van der Waals surface area contributed by atoms with E-state index in [0.29, 0.717) is 12.0 Å². The molecule has 7 heteroatoms. The van der Waals surface area contributed by atoms with E-state index < -0.39 is 15.8 Å². The molecule has 0 saturated heterocycles. The van der Waals surface area contributed by atoms with Gasteiger partial charge in [0.25, 0.3) is 0 Å². The van der Waals surface area contributed by atoms with E-state index in [1.807, 2.05) is 0 Å². The lowest BCUT2D eigenvalue weighted by molar-refractivity contribution is 0.0714. The number of aliphatic hydroxyl groups is 1. The van der Waals surface area contributed by atoms with Crippen LogP contribution in [0, 0.1) is 5.92 Å². The first-order valence-corrected chi connectivity index (χ1v) is 5.32. The molecule has 0 saturated carbocycles. The van der Waals surface area contributed by atoms with Crippen LogP contribution in [0.2, 0.25) is 10.2 Å². The standard InChI is InChI=1S/C10H10B6O/c1-6(9(11,12)13)7-2-4-8(17,5-3-7)10(14,15)16/h2,4,7,17H,1,3,5H2. The molecule has 1 N–H and O–H groups in total. The molecule has 1 nitrogen and oxygen atoms in total. The van der Waals surface area contributed by atoms with Crippen molar-refractivity contribution in [2.45, 2.75) is 28.7 Å². The third-order valence-corrected chi connectivity index (χ3v) is 3.19. The maximum Gasteiger partial charge on any atom is 0.0660 e. The van der Waals surface area contributed by atoms with Gasteiger partial charge in [0.2, 0.25) is 0 Å². The summed E-state index contributed by atoms with van der Waals surface area (Å²) in [5, 5.41) is 6.98. The molecule has 0 fully saturated rings. The van der Waals surface area contributed by atoms with Gasteiger partial charge in [0.05, 0.1) is 52.7 Å². The van der Waals surface area contributed by atoms with Crippen molar-refractivity contribution in [2.24, 2.45) is 5.92 Å². The van der Waals surface area contributed by atoms with Gasteiger partial charge in [-0.25, -0.2) is 0 Å². The predicted octanol–water partition coefficient (Wildman–Crippen LogP) is -0.602. The van der Waals surface area contributed by atoms with Crippen LogP contribution in [0.25, 0.3) is 0 Å². The summed E-state index contributed by atoms with van der Waals surface area (Å²) < 4.78 is 0. The van der Waals surface area contributed by atoms with Crippen LogP contribution in [0.3, 0.4) is 0 Å². The first-order valence-electron chi connectivity index (χ1n) is 5.32. The maximum absolute atomic E-state index is 10.1. The van der Waals surface area contributed by atoms with Crippen LogP contribution < -0.4 is 0 Å². The SMILES string of the molecule is [B]C([B])([B])C(=C)C1C=CC(O)(C([B])([B])[B])CC1. The van der Waals surface area contributed by atoms with E-state index in [4.69, 9.17) is 47.1 Å². The second-order valence-electron chi connectivity index (χ2n) is 4.82. The van der Waals surface area contributed by atoms with Crippen LogP contribution in [0.4, 0.5) is 0 Å². The number of rotatable bonds is 3. The summed E-state index contributed by atoms with van der Waals surface area (Å²) in [4.78, 5) is 0. The summed E-state index contributed by atoms with van der Waals surface area (Å²) in [5.41, 5.74) is -0.975. The molecule has 0 aromatic carbocycles. The van der Waals surface area contributed by atoms with Crippen molar-refractivity contribution in [3.05, 3.63) is 24.3 Å². The third kappa shape index (κ3) is 3.19. The lowest BCUT2D eigenvalue weighted by Crippen LogP contribution is -2.45. The van der Waals surface area contributed by atoms with Crippen molar-refractivity contribution < 1.29 is 5.11 Å². The van der Waals surface area contributed by atoms with Crippen LogP contribution >= 0.6 is 0 Å². The molecule has 2 atom stereocenters. The van der Waals surface area contributed by atoms with Gasteiger partial charge >= 0.3 is 0 Å². The molecule has 1 rings (SSSR count). The molecule has 2 unspecified atom stereocenters. The van der Waals surface area contributed by atoms with E-state index in [1.165, 1.54) is 6.08 Å². The molecule has 0 amide bonds. The van der Waals surface area contributed by atoms with Gasteiger partial charge in [-0.05, 0) is 18.8 Å². The van der Waals surface area contributed by atoms with Crippen LogP contribution in [-0.2, 0) is 0 Å². The summed E-state index contributed by atoms with van der Waals surface area (Å²) in [5.74, 6) is -0.127. The minimum Gasteiger partial charge on any atom is -0.388 e. The number of allylic oxidation sites excluding steroid dienone is 2. The van der Waals surface area contributed by atoms with Gasteiger partial charge in [0.15, 0.2) is 0 Å². The highest BCUT2D eigenvalue weighted by atomic mass is 16.3. The molecular formula is C10H10B6O. The van der Waals surface area contributed by atoms with Crippen molar-refractivity contribution in [1.82, 2.24) is 0 Å². The van der Waals surface area contributed by atoms with Crippen LogP contribution in [0.1, 0.15) is 12.8 Å². The second-order valence-corrected chi connectivity index (χ2v) is 4.82. The molecule has 1 aliphatic rings. The Kier molecular flexibility index (Phi) is 3.94. The molecule has 74 valence electrons. The van der Waals surface area contributed by atoms with Gasteiger partial charge in [-0.1, -0.05) is 22.8 Å². The topological polar surface area (TPSA) is 20.2 Å². The lowest BCUT2D eigenvalue weighted by Gasteiger charge is -2.44. The van der Waals surface area contributed by atoms with Gasteiger partial charge in [-0.2, -0.15) is 0 Å². The molecule has 0 spiro atoms. The van der Waals surface area contributed by atoms with Crippen molar-refractivity contribution in [1.29, 1.82) is 0 Å². The average Bonchev–Trinajstić information content (AvgIpc) is 2.15. The number of hydrogen-bond donors (Lipinski definition) is 1. The quantitative estimate of drug-likeness (QED) is 0.488. The van der Waals surface area contributed by atoms with Gasteiger partial charge in [-0.15, -0.1) is 11.7 Å². The highest BCUT2D eigenvalue weighted by Crippen LogP contribution is 2.42. The summed E-state index contributed by atoms with van der Waals surface area (Å²) in [6.07, 6.45) is 3.94. The fraction of sp³-hybridized carbons (Fsp3) is 0.600. The zero-order chi connectivity index (χ0) is 13.5. The van der Waals surface area contributed by atoms with E-state index in [0.717, 1.165) is 0 Å². The highest BCUT2D eigenvalue weighted by molar-refractivity contribution is 6.61. The fourth-order valence-corrected chi connectivity index (χ4v) is 1.80. The maximum atomic E-state index is 10.1. The molecular weight excluding hydrogens is 201 g/mol. The first-order chi connectivity index (χ1) is 7.47. The van der Waals surface area contributed by atoms with Gasteiger partial charge in [0, 0.05) is 0 Å². The number of hydrogen-bond acceptors (Lipinski definition) is 1. The van der Waals surface area contributed by atoms with Gasteiger partial charge in [0.1, 0.15) is 0 Å². The van der Waals surface area contributed by atoms with E-state index in [-0.39, 0.29) is 12.3 Å². The molecule has 1 aliphatic carbocycles. The van der Waals surface area contributed by atoms with E-state index in [1.54, 1.807) is 6.08 Å². The predicted molar refractivity (Wildman–Crippen MR) is 75.9 cm³/mol. The Hall–Kier alpha value is -0.170. The molecule has 12 radical (unpaired) electrons. The Balaban J connectivity index is 2.85. The Bertz CT molecular complexity index is 340. The summed E-state index contributed by atoms with van der Waals surface area (Å²) in [6.45, 7) is 3.76. The Labute approximate surface area is 111 Å². The smallest absolute Gasteiger partial charge is 0.0660 e. The highest BCUT2D eigenvalue weighted by Gasteiger charge is 2.39. The molecule has 17 heavy (non-hydrogen) atoms. The van der Waals surface area contributed by atoms with E-state index >= 15 is 0 Å². The summed E-state index contributed by atoms with van der Waals surface area (Å²) >= 11 is 0. The van der Waals surface area contributed by atoms with Crippen molar-refractivity contribution in [2.75, 3.05) is 0 Å². The van der Waals surface area contributed by atoms with Crippen LogP contribution in [-0.4, -0.2) is 57.8 Å².